The average Bonchev–Trinajstić information content (AvgIpc) is 3.23. The number of hydrogen-bond acceptors (Lipinski definition) is 6. The van der Waals surface area contributed by atoms with Gasteiger partial charge < -0.3 is 10.2 Å². The van der Waals surface area contributed by atoms with Gasteiger partial charge in [-0.15, -0.1) is 5.10 Å². The van der Waals surface area contributed by atoms with Gasteiger partial charge in [-0.05, 0) is 60.2 Å². The molecule has 8 heteroatoms. The number of nitrogens with one attached hydrogen (secondary N) is 1. The Balaban J connectivity index is 1.63. The summed E-state index contributed by atoms with van der Waals surface area (Å²) in [5, 5.41) is 15.2. The van der Waals surface area contributed by atoms with Crippen LogP contribution in [0.4, 0.5) is 11.5 Å². The zero-order valence-corrected chi connectivity index (χ0v) is 15.8. The number of tetrazole rings is 1. The molecule has 0 spiro atoms. The van der Waals surface area contributed by atoms with Crippen molar-refractivity contribution in [2.75, 3.05) is 18.4 Å². The third kappa shape index (κ3) is 3.24. The van der Waals surface area contributed by atoms with Crippen LogP contribution in [-0.2, 0) is 0 Å². The molecule has 2 heterocycles. The molecule has 142 valence electrons. The topological polar surface area (TPSA) is 88.3 Å². The number of amides is 1. The van der Waals surface area contributed by atoms with E-state index in [0.29, 0.717) is 23.6 Å². The summed E-state index contributed by atoms with van der Waals surface area (Å²) in [5.74, 6) is 0.604. The molecule has 8 nitrogen and oxygen atoms in total. The van der Waals surface area contributed by atoms with Crippen molar-refractivity contribution in [3.05, 3.63) is 54.1 Å². The van der Waals surface area contributed by atoms with E-state index >= 15 is 0 Å². The number of carbonyl (C=O) groups excluding carboxylic acids is 1. The van der Waals surface area contributed by atoms with Gasteiger partial charge >= 0.3 is 0 Å². The molecule has 2 aromatic heterocycles. The van der Waals surface area contributed by atoms with E-state index in [1.807, 2.05) is 60.4 Å². The minimum Gasteiger partial charge on any atom is -0.339 e. The van der Waals surface area contributed by atoms with Gasteiger partial charge in [0.05, 0.1) is 11.0 Å². The Morgan fingerprint density at radius 3 is 2.64 bits per heavy atom. The van der Waals surface area contributed by atoms with Crippen LogP contribution in [-0.4, -0.2) is 48.9 Å². The van der Waals surface area contributed by atoms with Crippen LogP contribution in [0.25, 0.3) is 16.7 Å². The van der Waals surface area contributed by atoms with Crippen molar-refractivity contribution >= 4 is 34.1 Å². The number of rotatable bonds is 6. The Labute approximate surface area is 162 Å². The van der Waals surface area contributed by atoms with E-state index in [-0.39, 0.29) is 5.91 Å². The number of aromatic nitrogens is 5. The van der Waals surface area contributed by atoms with Crippen molar-refractivity contribution in [3.8, 4) is 0 Å². The van der Waals surface area contributed by atoms with Gasteiger partial charge in [-0.3, -0.25) is 4.79 Å². The standard InChI is InChI=1S/C20H21N7O/c1-3-13-26(4-2)20(28)14-9-11-15(12-10-14)21-18-19-23-24-25-27(19)17-8-6-5-7-16(17)22-18/h5-12H,3-4,13H2,1-2H3,(H,21,22). The van der Waals surface area contributed by atoms with Crippen molar-refractivity contribution in [1.82, 2.24) is 29.9 Å². The molecule has 2 aromatic carbocycles. The van der Waals surface area contributed by atoms with Gasteiger partial charge in [0.2, 0.25) is 5.65 Å². The Hall–Kier alpha value is -3.55. The van der Waals surface area contributed by atoms with E-state index < -0.39 is 0 Å². The van der Waals surface area contributed by atoms with E-state index in [1.165, 1.54) is 0 Å². The number of fused-ring (bicyclic) bond motifs is 3. The molecule has 1 N–H and O–H groups in total. The molecule has 0 radical (unpaired) electrons. The summed E-state index contributed by atoms with van der Waals surface area (Å²) in [6, 6.07) is 15.1. The quantitative estimate of drug-likeness (QED) is 0.556. The zero-order valence-electron chi connectivity index (χ0n) is 15.8. The predicted octanol–water partition coefficient (Wildman–Crippen LogP) is 3.29. The second-order valence-electron chi connectivity index (χ2n) is 6.45. The predicted molar refractivity (Wildman–Crippen MR) is 108 cm³/mol. The maximum atomic E-state index is 12.6. The Morgan fingerprint density at radius 1 is 1.11 bits per heavy atom. The van der Waals surface area contributed by atoms with Crippen LogP contribution in [0.15, 0.2) is 48.5 Å². The number of carbonyl (C=O) groups is 1. The maximum Gasteiger partial charge on any atom is 0.253 e. The molecule has 4 rings (SSSR count). The second-order valence-corrected chi connectivity index (χ2v) is 6.45. The monoisotopic (exact) mass is 375 g/mol. The lowest BCUT2D eigenvalue weighted by atomic mass is 10.1. The van der Waals surface area contributed by atoms with Crippen molar-refractivity contribution in [3.63, 3.8) is 0 Å². The third-order valence-electron chi connectivity index (χ3n) is 4.58. The highest BCUT2D eigenvalue weighted by atomic mass is 16.2. The number of para-hydroxylation sites is 2. The highest BCUT2D eigenvalue weighted by Gasteiger charge is 2.14. The molecule has 28 heavy (non-hydrogen) atoms. The van der Waals surface area contributed by atoms with Gasteiger partial charge in [-0.2, -0.15) is 4.52 Å². The smallest absolute Gasteiger partial charge is 0.253 e. The fraction of sp³-hybridized carbons (Fsp3) is 0.250. The number of benzene rings is 2. The molecule has 0 saturated carbocycles. The van der Waals surface area contributed by atoms with E-state index in [1.54, 1.807) is 4.52 Å². The van der Waals surface area contributed by atoms with Gasteiger partial charge in [0, 0.05) is 24.3 Å². The molecule has 0 aliphatic rings. The van der Waals surface area contributed by atoms with Crippen molar-refractivity contribution in [1.29, 1.82) is 0 Å². The van der Waals surface area contributed by atoms with E-state index in [2.05, 4.69) is 32.7 Å². The van der Waals surface area contributed by atoms with E-state index in [9.17, 15) is 4.79 Å². The first-order chi connectivity index (χ1) is 13.7. The summed E-state index contributed by atoms with van der Waals surface area (Å²) >= 11 is 0. The molecule has 0 atom stereocenters. The molecule has 0 bridgehead atoms. The molecule has 0 fully saturated rings. The zero-order chi connectivity index (χ0) is 19.5. The van der Waals surface area contributed by atoms with Crippen LogP contribution in [0.3, 0.4) is 0 Å². The van der Waals surface area contributed by atoms with Gasteiger partial charge in [-0.25, -0.2) is 4.98 Å². The third-order valence-corrected chi connectivity index (χ3v) is 4.58. The summed E-state index contributed by atoms with van der Waals surface area (Å²) in [7, 11) is 0. The van der Waals surface area contributed by atoms with Gasteiger partial charge in [0.15, 0.2) is 5.82 Å². The van der Waals surface area contributed by atoms with Crippen LogP contribution in [0, 0.1) is 0 Å². The van der Waals surface area contributed by atoms with E-state index in [4.69, 9.17) is 0 Å². The normalized spacial score (nSPS) is 11.1. The number of hydrogen-bond donors (Lipinski definition) is 1. The fourth-order valence-corrected chi connectivity index (χ4v) is 3.18. The summed E-state index contributed by atoms with van der Waals surface area (Å²) in [6.45, 7) is 5.52. The molecule has 0 saturated heterocycles. The Kier molecular flexibility index (Phi) is 4.84. The van der Waals surface area contributed by atoms with Crippen molar-refractivity contribution < 1.29 is 4.79 Å². The minimum atomic E-state index is 0.0452. The minimum absolute atomic E-state index is 0.0452. The van der Waals surface area contributed by atoms with Gasteiger partial charge in [-0.1, -0.05) is 19.1 Å². The molecule has 0 aliphatic carbocycles. The van der Waals surface area contributed by atoms with Crippen LogP contribution in [0.2, 0.25) is 0 Å². The first-order valence-corrected chi connectivity index (χ1v) is 9.34. The first kappa shape index (κ1) is 17.8. The van der Waals surface area contributed by atoms with Crippen molar-refractivity contribution in [2.45, 2.75) is 20.3 Å². The molecule has 1 amide bonds. The molecular formula is C20H21N7O. The van der Waals surface area contributed by atoms with Gasteiger partial charge in [0.25, 0.3) is 5.91 Å². The lowest BCUT2D eigenvalue weighted by Gasteiger charge is -2.20. The fourth-order valence-electron chi connectivity index (χ4n) is 3.18. The van der Waals surface area contributed by atoms with Crippen LogP contribution in [0.5, 0.6) is 0 Å². The van der Waals surface area contributed by atoms with Crippen LogP contribution >= 0.6 is 0 Å². The molecule has 0 unspecified atom stereocenters. The summed E-state index contributed by atoms with van der Waals surface area (Å²) in [6.07, 6.45) is 0.940. The largest absolute Gasteiger partial charge is 0.339 e. The second kappa shape index (κ2) is 7.59. The number of nitrogens with zero attached hydrogens (tertiary/aromatic N) is 6. The number of anilines is 2. The van der Waals surface area contributed by atoms with Crippen molar-refractivity contribution in [2.24, 2.45) is 0 Å². The first-order valence-electron chi connectivity index (χ1n) is 9.34. The Morgan fingerprint density at radius 2 is 1.89 bits per heavy atom. The SMILES string of the molecule is CCCN(CC)C(=O)c1ccc(Nc2nc3ccccc3n3nnnc23)cc1. The highest BCUT2D eigenvalue weighted by molar-refractivity contribution is 5.94. The maximum absolute atomic E-state index is 12.6. The summed E-state index contributed by atoms with van der Waals surface area (Å²) < 4.78 is 1.66. The van der Waals surface area contributed by atoms with Gasteiger partial charge in [0.1, 0.15) is 0 Å². The average molecular weight is 375 g/mol. The van der Waals surface area contributed by atoms with Crippen LogP contribution in [0.1, 0.15) is 30.6 Å². The lowest BCUT2D eigenvalue weighted by molar-refractivity contribution is 0.0764. The Bertz CT molecular complexity index is 1120. The molecular weight excluding hydrogens is 354 g/mol. The van der Waals surface area contributed by atoms with Crippen LogP contribution < -0.4 is 5.32 Å². The summed E-state index contributed by atoms with van der Waals surface area (Å²) in [4.78, 5) is 19.1. The highest BCUT2D eigenvalue weighted by Crippen LogP contribution is 2.23. The summed E-state index contributed by atoms with van der Waals surface area (Å²) in [5.41, 5.74) is 3.64. The molecule has 4 aromatic rings. The lowest BCUT2D eigenvalue weighted by Crippen LogP contribution is -2.31. The van der Waals surface area contributed by atoms with E-state index in [0.717, 1.165) is 29.7 Å². The molecule has 0 aliphatic heterocycles.